The Bertz CT molecular complexity index is 1110. The third kappa shape index (κ3) is 4.65. The normalized spacial score (nSPS) is 23.1. The summed E-state index contributed by atoms with van der Waals surface area (Å²) in [5.41, 5.74) is 5.17. The van der Waals surface area contributed by atoms with Gasteiger partial charge in [0.25, 0.3) is 0 Å². The number of aliphatic hydroxyl groups is 1. The van der Waals surface area contributed by atoms with E-state index < -0.39 is 10.8 Å². The number of aliphatic hydroxyl groups excluding tert-OH is 1. The fourth-order valence-corrected chi connectivity index (χ4v) is 6.64. The van der Waals surface area contributed by atoms with Gasteiger partial charge in [-0.25, -0.2) is 4.98 Å². The summed E-state index contributed by atoms with van der Waals surface area (Å²) in [5.74, 6) is 3.37. The van der Waals surface area contributed by atoms with Crippen LogP contribution in [0.1, 0.15) is 61.9 Å². The van der Waals surface area contributed by atoms with Gasteiger partial charge in [0.2, 0.25) is 5.95 Å². The van der Waals surface area contributed by atoms with Gasteiger partial charge in [0.05, 0.1) is 29.1 Å². The highest BCUT2D eigenvalue weighted by Gasteiger charge is 2.30. The van der Waals surface area contributed by atoms with E-state index in [0.29, 0.717) is 23.4 Å². The average molecular weight is 481 g/mol. The van der Waals surface area contributed by atoms with E-state index in [9.17, 15) is 9.32 Å². The van der Waals surface area contributed by atoms with Crippen LogP contribution in [0.4, 0.5) is 11.8 Å². The molecule has 182 valence electrons. The fourth-order valence-electron chi connectivity index (χ4n) is 5.33. The predicted octanol–water partition coefficient (Wildman–Crippen LogP) is 4.16. The third-order valence-electron chi connectivity index (χ3n) is 7.56. The number of aryl methyl sites for hydroxylation is 1. The van der Waals surface area contributed by atoms with Crippen molar-refractivity contribution in [1.29, 1.82) is 0 Å². The van der Waals surface area contributed by atoms with E-state index in [1.54, 1.807) is 0 Å². The lowest BCUT2D eigenvalue weighted by Crippen LogP contribution is -2.35. The van der Waals surface area contributed by atoms with E-state index in [4.69, 9.17) is 9.97 Å². The summed E-state index contributed by atoms with van der Waals surface area (Å²) in [6, 6.07) is 6.92. The van der Waals surface area contributed by atoms with Gasteiger partial charge in [-0.05, 0) is 53.7 Å². The largest absolute Gasteiger partial charge is 0.394 e. The van der Waals surface area contributed by atoms with Crippen molar-refractivity contribution < 1.29 is 9.32 Å². The molecule has 0 spiro atoms. The Morgan fingerprint density at radius 2 is 2.03 bits per heavy atom. The summed E-state index contributed by atoms with van der Waals surface area (Å²) >= 11 is 0. The first-order chi connectivity index (χ1) is 16.4. The first kappa shape index (κ1) is 23.5. The Kier molecular flexibility index (Phi) is 6.76. The first-order valence-electron chi connectivity index (χ1n) is 12.7. The molecule has 0 amide bonds. The summed E-state index contributed by atoms with van der Waals surface area (Å²) < 4.78 is 12.6. The molecular formula is C27H36N4O2S. The van der Waals surface area contributed by atoms with Crippen LogP contribution in [-0.4, -0.2) is 50.8 Å². The topological polar surface area (TPSA) is 78.3 Å². The molecule has 0 saturated carbocycles. The van der Waals surface area contributed by atoms with Gasteiger partial charge in [-0.1, -0.05) is 51.1 Å². The minimum absolute atomic E-state index is 0.0126. The molecule has 7 heteroatoms. The quantitative estimate of drug-likeness (QED) is 0.647. The van der Waals surface area contributed by atoms with Gasteiger partial charge in [0.15, 0.2) is 0 Å². The number of nitrogens with one attached hydrogen (secondary N) is 1. The predicted molar refractivity (Wildman–Crippen MR) is 139 cm³/mol. The van der Waals surface area contributed by atoms with Crippen LogP contribution in [0.3, 0.4) is 0 Å². The Labute approximate surface area is 205 Å². The standard InChI is InChI=1S/C27H36N4O2S/c1-17(2)24(16-32)28-26-25-23(10-13-34(25)33)29-27(30-26)31-11-8-19(9-12-31)21-7-6-20-14-18(3)4-5-22(20)15-21/h4-7,15,17-19,24,32H,8-14,16H2,1-3H3,(H,28,29,30)/t18?,24-,34?/m0/s1. The van der Waals surface area contributed by atoms with Gasteiger partial charge in [-0.2, -0.15) is 4.98 Å². The smallest absolute Gasteiger partial charge is 0.227 e. The summed E-state index contributed by atoms with van der Waals surface area (Å²) in [6.45, 7) is 8.23. The number of hydrogen-bond acceptors (Lipinski definition) is 6. The van der Waals surface area contributed by atoms with Crippen LogP contribution in [0.25, 0.3) is 6.08 Å². The lowest BCUT2D eigenvalue weighted by molar-refractivity contribution is 0.249. The van der Waals surface area contributed by atoms with Gasteiger partial charge in [0.1, 0.15) is 10.7 Å². The van der Waals surface area contributed by atoms with E-state index in [2.05, 4.69) is 61.3 Å². The number of allylic oxidation sites excluding steroid dienone is 1. The molecule has 3 heterocycles. The summed E-state index contributed by atoms with van der Waals surface area (Å²) in [5, 5.41) is 13.2. The summed E-state index contributed by atoms with van der Waals surface area (Å²) in [7, 11) is -1.08. The maximum Gasteiger partial charge on any atom is 0.227 e. The molecule has 0 bridgehead atoms. The highest BCUT2D eigenvalue weighted by molar-refractivity contribution is 7.85. The molecule has 34 heavy (non-hydrogen) atoms. The van der Waals surface area contributed by atoms with Gasteiger partial charge in [0, 0.05) is 25.3 Å². The van der Waals surface area contributed by atoms with Crippen LogP contribution in [0.5, 0.6) is 0 Å². The van der Waals surface area contributed by atoms with Gasteiger partial charge >= 0.3 is 0 Å². The van der Waals surface area contributed by atoms with Crippen LogP contribution in [0, 0.1) is 11.8 Å². The molecule has 1 saturated heterocycles. The van der Waals surface area contributed by atoms with E-state index in [1.165, 1.54) is 16.7 Å². The van der Waals surface area contributed by atoms with Gasteiger partial charge in [-0.15, -0.1) is 0 Å². The Balaban J connectivity index is 1.33. The van der Waals surface area contributed by atoms with Crippen molar-refractivity contribution in [2.24, 2.45) is 11.8 Å². The lowest BCUT2D eigenvalue weighted by atomic mass is 9.84. The molecule has 2 aromatic rings. The molecule has 2 unspecified atom stereocenters. The van der Waals surface area contributed by atoms with Crippen LogP contribution in [0.2, 0.25) is 0 Å². The fraction of sp³-hybridized carbons (Fsp3) is 0.556. The lowest BCUT2D eigenvalue weighted by Gasteiger charge is -2.33. The number of fused-ring (bicyclic) bond motifs is 2. The molecule has 6 nitrogen and oxygen atoms in total. The number of benzene rings is 1. The van der Waals surface area contributed by atoms with Gasteiger partial charge in [-0.3, -0.25) is 4.21 Å². The SMILES string of the molecule is CC1C=Cc2cc(C3CCN(c4nc5c(c(N[C@@H](CO)C(C)C)n4)S(=O)CC5)CC3)ccc2C1. The molecule has 2 N–H and O–H groups in total. The van der Waals surface area contributed by atoms with Crippen LogP contribution < -0.4 is 10.2 Å². The van der Waals surface area contributed by atoms with Crippen molar-refractivity contribution in [3.63, 3.8) is 0 Å². The second kappa shape index (κ2) is 9.78. The first-order valence-corrected chi connectivity index (χ1v) is 14.0. The third-order valence-corrected chi connectivity index (χ3v) is 9.02. The van der Waals surface area contributed by atoms with Crippen molar-refractivity contribution in [2.45, 2.75) is 63.3 Å². The Hall–Kier alpha value is -2.25. The highest BCUT2D eigenvalue weighted by atomic mass is 32.2. The number of rotatable bonds is 6. The molecule has 3 aliphatic rings. The molecular weight excluding hydrogens is 444 g/mol. The molecule has 2 aliphatic heterocycles. The second-order valence-corrected chi connectivity index (χ2v) is 11.9. The van der Waals surface area contributed by atoms with E-state index in [-0.39, 0.29) is 18.6 Å². The van der Waals surface area contributed by atoms with Crippen molar-refractivity contribution in [2.75, 3.05) is 35.7 Å². The van der Waals surface area contributed by atoms with Gasteiger partial charge < -0.3 is 15.3 Å². The Morgan fingerprint density at radius 3 is 2.76 bits per heavy atom. The van der Waals surface area contributed by atoms with Crippen LogP contribution in [-0.2, 0) is 23.6 Å². The van der Waals surface area contributed by atoms with E-state index >= 15 is 0 Å². The highest BCUT2D eigenvalue weighted by Crippen LogP contribution is 2.35. The molecule has 1 aromatic heterocycles. The maximum atomic E-state index is 12.6. The zero-order valence-corrected chi connectivity index (χ0v) is 21.3. The molecule has 5 rings (SSSR count). The number of piperidine rings is 1. The minimum atomic E-state index is -1.08. The summed E-state index contributed by atoms with van der Waals surface area (Å²) in [4.78, 5) is 12.7. The molecule has 3 atom stereocenters. The van der Waals surface area contributed by atoms with Crippen molar-refractivity contribution in [1.82, 2.24) is 9.97 Å². The number of hydrogen-bond donors (Lipinski definition) is 2. The minimum Gasteiger partial charge on any atom is -0.394 e. The van der Waals surface area contributed by atoms with E-state index in [0.717, 1.165) is 55.3 Å². The maximum absolute atomic E-state index is 12.6. The summed E-state index contributed by atoms with van der Waals surface area (Å²) in [6.07, 6.45) is 8.60. The molecule has 1 fully saturated rings. The molecule has 0 radical (unpaired) electrons. The zero-order valence-electron chi connectivity index (χ0n) is 20.5. The van der Waals surface area contributed by atoms with Crippen LogP contribution >= 0.6 is 0 Å². The number of aromatic nitrogens is 2. The monoisotopic (exact) mass is 480 g/mol. The Morgan fingerprint density at radius 1 is 1.24 bits per heavy atom. The zero-order chi connectivity index (χ0) is 23.8. The van der Waals surface area contributed by atoms with Crippen molar-refractivity contribution >= 4 is 28.6 Å². The van der Waals surface area contributed by atoms with Crippen molar-refractivity contribution in [3.8, 4) is 0 Å². The average Bonchev–Trinajstić information content (AvgIpc) is 3.22. The second-order valence-electron chi connectivity index (χ2n) is 10.4. The number of anilines is 2. The number of nitrogens with zero attached hydrogens (tertiary/aromatic N) is 3. The van der Waals surface area contributed by atoms with Crippen molar-refractivity contribution in [3.05, 3.63) is 46.7 Å². The molecule has 1 aliphatic carbocycles. The van der Waals surface area contributed by atoms with Crippen LogP contribution in [0.15, 0.2) is 29.2 Å². The van der Waals surface area contributed by atoms with E-state index in [1.807, 2.05) is 0 Å². The molecule has 1 aromatic carbocycles.